The van der Waals surface area contributed by atoms with E-state index in [9.17, 15) is 13.6 Å². The van der Waals surface area contributed by atoms with Crippen molar-refractivity contribution >= 4 is 35.1 Å². The monoisotopic (exact) mass is 503 g/mol. The fraction of sp³-hybridized carbons (Fsp3) is 0.348. The van der Waals surface area contributed by atoms with Crippen molar-refractivity contribution in [3.05, 3.63) is 58.6 Å². The Kier molecular flexibility index (Phi) is 7.25. The molecule has 12 heteroatoms. The third kappa shape index (κ3) is 6.30. The zero-order valence-electron chi connectivity index (χ0n) is 19.2. The molecule has 2 N–H and O–H groups in total. The Morgan fingerprint density at radius 2 is 1.86 bits per heavy atom. The van der Waals surface area contributed by atoms with Gasteiger partial charge in [-0.15, -0.1) is 0 Å². The molecule has 0 unspecified atom stereocenters. The van der Waals surface area contributed by atoms with E-state index in [1.54, 1.807) is 25.0 Å². The first-order chi connectivity index (χ1) is 16.7. The van der Waals surface area contributed by atoms with E-state index in [0.29, 0.717) is 18.1 Å². The number of halogens is 3. The van der Waals surface area contributed by atoms with Gasteiger partial charge in [0.15, 0.2) is 10.8 Å². The number of hydrogen-bond donors (Lipinski definition) is 2. The van der Waals surface area contributed by atoms with Gasteiger partial charge in [-0.3, -0.25) is 4.79 Å². The number of nitrogens with one attached hydrogen (secondary N) is 2. The van der Waals surface area contributed by atoms with E-state index in [4.69, 9.17) is 16.3 Å². The van der Waals surface area contributed by atoms with Crippen molar-refractivity contribution in [2.24, 2.45) is 0 Å². The normalized spacial score (nSPS) is 14.9. The van der Waals surface area contributed by atoms with Gasteiger partial charge in [-0.05, 0) is 24.6 Å². The van der Waals surface area contributed by atoms with Gasteiger partial charge in [-0.2, -0.15) is 4.98 Å². The summed E-state index contributed by atoms with van der Waals surface area (Å²) in [5.41, 5.74) is 1.51. The fourth-order valence-corrected chi connectivity index (χ4v) is 3.73. The highest BCUT2D eigenvalue weighted by molar-refractivity contribution is 6.33. The molecular formula is C23H24ClF2N7O2. The lowest BCUT2D eigenvalue weighted by molar-refractivity contribution is -0.0222. The van der Waals surface area contributed by atoms with E-state index >= 15 is 0 Å². The zero-order valence-corrected chi connectivity index (χ0v) is 19.9. The molecule has 1 fully saturated rings. The molecule has 1 aliphatic heterocycles. The molecular weight excluding hydrogens is 480 g/mol. The number of amides is 1. The van der Waals surface area contributed by atoms with E-state index in [0.717, 1.165) is 11.3 Å². The predicted molar refractivity (Wildman–Crippen MR) is 128 cm³/mol. The molecule has 1 saturated heterocycles. The van der Waals surface area contributed by atoms with Crippen LogP contribution in [0.1, 0.15) is 34.6 Å². The third-order valence-electron chi connectivity index (χ3n) is 5.44. The molecule has 0 aliphatic carbocycles. The number of ether oxygens (including phenoxy) is 1. The first-order valence-corrected chi connectivity index (χ1v) is 11.3. The maximum absolute atomic E-state index is 13.5. The number of aryl methyl sites for hydroxylation is 1. The standard InChI is InChI=1S/C23H24ClF2N7O2/c1-14-11-17(32-22(29-14)33-9-7-23(25,26)8-10-33)31-21(34)19-20(24)30-18(13-28-19)27-12-15-3-5-16(35-2)6-4-15/h3-6,11,13H,7-10,12H2,1-2H3,(H,27,30)(H,29,31,32,34). The minimum Gasteiger partial charge on any atom is -0.497 e. The van der Waals surface area contributed by atoms with Gasteiger partial charge < -0.3 is 20.3 Å². The van der Waals surface area contributed by atoms with Crippen LogP contribution in [0, 0.1) is 6.92 Å². The van der Waals surface area contributed by atoms with Crippen LogP contribution in [0.2, 0.25) is 5.15 Å². The smallest absolute Gasteiger partial charge is 0.278 e. The molecule has 0 radical (unpaired) electrons. The van der Waals surface area contributed by atoms with Crippen LogP contribution >= 0.6 is 11.6 Å². The van der Waals surface area contributed by atoms with Crippen molar-refractivity contribution in [1.29, 1.82) is 0 Å². The Labute approximate surface area is 205 Å². The van der Waals surface area contributed by atoms with Crippen LogP contribution in [0.25, 0.3) is 0 Å². The highest BCUT2D eigenvalue weighted by Crippen LogP contribution is 2.29. The molecule has 0 bridgehead atoms. The van der Waals surface area contributed by atoms with E-state index in [-0.39, 0.29) is 48.5 Å². The van der Waals surface area contributed by atoms with E-state index < -0.39 is 11.8 Å². The van der Waals surface area contributed by atoms with Crippen LogP contribution in [0.5, 0.6) is 5.75 Å². The molecule has 1 aliphatic rings. The van der Waals surface area contributed by atoms with E-state index in [1.807, 2.05) is 24.3 Å². The summed E-state index contributed by atoms with van der Waals surface area (Å²) in [6, 6.07) is 9.10. The van der Waals surface area contributed by atoms with Gasteiger partial charge in [-0.1, -0.05) is 23.7 Å². The summed E-state index contributed by atoms with van der Waals surface area (Å²) in [7, 11) is 1.60. The van der Waals surface area contributed by atoms with Gasteiger partial charge in [0.05, 0.1) is 13.3 Å². The summed E-state index contributed by atoms with van der Waals surface area (Å²) in [4.78, 5) is 31.4. The number of rotatable bonds is 7. The average Bonchev–Trinajstić information content (AvgIpc) is 2.82. The number of nitrogens with zero attached hydrogens (tertiary/aromatic N) is 5. The molecule has 1 amide bonds. The van der Waals surface area contributed by atoms with Crippen LogP contribution in [0.3, 0.4) is 0 Å². The number of benzene rings is 1. The Morgan fingerprint density at radius 3 is 2.51 bits per heavy atom. The second-order valence-corrected chi connectivity index (χ2v) is 8.45. The van der Waals surface area contributed by atoms with Gasteiger partial charge in [0.1, 0.15) is 17.4 Å². The lowest BCUT2D eigenvalue weighted by atomic mass is 10.1. The molecule has 0 atom stereocenters. The Morgan fingerprint density at radius 1 is 1.14 bits per heavy atom. The van der Waals surface area contributed by atoms with E-state index in [1.165, 1.54) is 6.20 Å². The molecule has 0 spiro atoms. The summed E-state index contributed by atoms with van der Waals surface area (Å²) >= 11 is 6.22. The van der Waals surface area contributed by atoms with Gasteiger partial charge in [0.25, 0.3) is 11.8 Å². The number of hydrogen-bond acceptors (Lipinski definition) is 8. The Hall–Kier alpha value is -3.60. The summed E-state index contributed by atoms with van der Waals surface area (Å²) in [6.45, 7) is 2.47. The quantitative estimate of drug-likeness (QED) is 0.490. The lowest BCUT2D eigenvalue weighted by Crippen LogP contribution is -2.40. The molecule has 0 saturated carbocycles. The first kappa shape index (κ1) is 24.5. The molecule has 9 nitrogen and oxygen atoms in total. The van der Waals surface area contributed by atoms with Gasteiger partial charge in [-0.25, -0.2) is 23.7 Å². The predicted octanol–water partition coefficient (Wildman–Crippen LogP) is 4.34. The number of carbonyl (C=O) groups excluding carboxylic acids is 1. The summed E-state index contributed by atoms with van der Waals surface area (Å²) < 4.78 is 32.1. The van der Waals surface area contributed by atoms with Crippen molar-refractivity contribution in [2.45, 2.75) is 32.2 Å². The number of carbonyl (C=O) groups is 1. The van der Waals surface area contributed by atoms with Gasteiger partial charge >= 0.3 is 0 Å². The average molecular weight is 504 g/mol. The maximum atomic E-state index is 13.5. The van der Waals surface area contributed by atoms with Crippen LogP contribution in [0.15, 0.2) is 36.5 Å². The van der Waals surface area contributed by atoms with Crippen LogP contribution in [-0.2, 0) is 6.54 Å². The highest BCUT2D eigenvalue weighted by Gasteiger charge is 2.35. The molecule has 184 valence electrons. The van der Waals surface area contributed by atoms with Crippen molar-refractivity contribution in [3.8, 4) is 5.75 Å². The lowest BCUT2D eigenvalue weighted by Gasteiger charge is -2.31. The Bertz CT molecular complexity index is 1200. The molecule has 3 aromatic rings. The summed E-state index contributed by atoms with van der Waals surface area (Å²) in [5.74, 6) is -1.61. The van der Waals surface area contributed by atoms with Gasteiger partial charge in [0.2, 0.25) is 5.95 Å². The van der Waals surface area contributed by atoms with Crippen molar-refractivity contribution in [3.63, 3.8) is 0 Å². The van der Waals surface area contributed by atoms with Crippen LogP contribution in [0.4, 0.5) is 26.4 Å². The molecule has 2 aromatic heterocycles. The molecule has 3 heterocycles. The zero-order chi connectivity index (χ0) is 25.0. The van der Waals surface area contributed by atoms with Crippen molar-refractivity contribution in [1.82, 2.24) is 19.9 Å². The van der Waals surface area contributed by atoms with Crippen LogP contribution in [-0.4, -0.2) is 52.0 Å². The first-order valence-electron chi connectivity index (χ1n) is 10.9. The highest BCUT2D eigenvalue weighted by atomic mass is 35.5. The number of anilines is 3. The minimum absolute atomic E-state index is 0.0721. The largest absolute Gasteiger partial charge is 0.497 e. The molecule has 1 aromatic carbocycles. The molecule has 35 heavy (non-hydrogen) atoms. The summed E-state index contributed by atoms with van der Waals surface area (Å²) in [5, 5.41) is 5.66. The Balaban J connectivity index is 1.40. The minimum atomic E-state index is -2.68. The second kappa shape index (κ2) is 10.3. The fourth-order valence-electron chi connectivity index (χ4n) is 3.51. The van der Waals surface area contributed by atoms with Crippen molar-refractivity contribution < 1.29 is 18.3 Å². The topological polar surface area (TPSA) is 105 Å². The summed E-state index contributed by atoms with van der Waals surface area (Å²) in [6.07, 6.45) is 0.876. The number of methoxy groups -OCH3 is 1. The third-order valence-corrected chi connectivity index (χ3v) is 5.70. The molecule has 4 rings (SSSR count). The number of piperidine rings is 1. The van der Waals surface area contributed by atoms with Crippen molar-refractivity contribution in [2.75, 3.05) is 35.7 Å². The van der Waals surface area contributed by atoms with Crippen LogP contribution < -0.4 is 20.3 Å². The SMILES string of the molecule is COc1ccc(CNc2cnc(C(=O)Nc3cc(C)nc(N4CCC(F)(F)CC4)n3)c(Cl)n2)cc1. The van der Waals surface area contributed by atoms with Gasteiger partial charge in [0, 0.05) is 44.2 Å². The second-order valence-electron chi connectivity index (χ2n) is 8.09. The number of aromatic nitrogens is 4. The maximum Gasteiger partial charge on any atom is 0.278 e. The van der Waals surface area contributed by atoms with E-state index in [2.05, 4.69) is 30.6 Å². The number of alkyl halides is 2.